The number of benzene rings is 1. The van der Waals surface area contributed by atoms with Crippen molar-refractivity contribution in [2.24, 2.45) is 0 Å². The second-order valence-corrected chi connectivity index (χ2v) is 10.5. The Morgan fingerprint density at radius 2 is 1.53 bits per heavy atom. The molecule has 0 saturated heterocycles. The Balaban J connectivity index is 3.65. The van der Waals surface area contributed by atoms with Gasteiger partial charge in [0.05, 0.1) is 56.0 Å². The van der Waals surface area contributed by atoms with Crippen LogP contribution < -0.4 is 10.6 Å². The molecule has 0 heterocycles. The molecule has 0 fully saturated rings. The number of rotatable bonds is 13. The molecule has 1 aromatic rings. The summed E-state index contributed by atoms with van der Waals surface area (Å²) in [7, 11) is 0. The summed E-state index contributed by atoms with van der Waals surface area (Å²) in [5.41, 5.74) is 0.0435. The first-order valence-corrected chi connectivity index (χ1v) is 13.5. The third kappa shape index (κ3) is 9.44. The lowest BCUT2D eigenvalue weighted by molar-refractivity contribution is -0.144. The molecule has 2 unspecified atom stereocenters. The van der Waals surface area contributed by atoms with Gasteiger partial charge in [0.1, 0.15) is 0 Å². The molecule has 1 aromatic carbocycles. The second-order valence-electron chi connectivity index (χ2n) is 7.25. The number of ether oxygens (including phenoxy) is 1. The summed E-state index contributed by atoms with van der Waals surface area (Å²) >= 11 is 5.40. The molecule has 2 atom stereocenters. The van der Waals surface area contributed by atoms with Gasteiger partial charge in [-0.05, 0) is 67.8 Å². The minimum absolute atomic E-state index is 0.0143. The number of aliphatic hydroxyl groups is 5. The number of carbonyl (C=O) groups excluding carboxylic acids is 4. The Hall–Kier alpha value is -0.910. The minimum Gasteiger partial charge on any atom is -0.456 e. The SMILES string of the molecule is CC(=O)OCC(=O)Nc1c(I)c(C(=O)NCC(O)CO)c(I)c(C(=O)N(CCO)CC(O)CO)c1I. The summed E-state index contributed by atoms with van der Waals surface area (Å²) in [5.74, 6) is -2.81. The molecule has 0 aliphatic heterocycles. The van der Waals surface area contributed by atoms with Gasteiger partial charge in [-0.1, -0.05) is 0 Å². The minimum atomic E-state index is -1.29. The smallest absolute Gasteiger partial charge is 0.303 e. The summed E-state index contributed by atoms with van der Waals surface area (Å²) in [6, 6.07) is 0. The number of hydrogen-bond donors (Lipinski definition) is 7. The van der Waals surface area contributed by atoms with E-state index >= 15 is 0 Å². The van der Waals surface area contributed by atoms with E-state index in [4.69, 9.17) is 9.84 Å². The fourth-order valence-electron chi connectivity index (χ4n) is 2.73. The van der Waals surface area contributed by atoms with Gasteiger partial charge in [0.15, 0.2) is 6.61 Å². The number of amides is 3. The van der Waals surface area contributed by atoms with E-state index in [0.29, 0.717) is 0 Å². The Kier molecular flexibility index (Phi) is 14.8. The molecule has 36 heavy (non-hydrogen) atoms. The van der Waals surface area contributed by atoms with Crippen molar-refractivity contribution in [3.05, 3.63) is 21.8 Å². The molecule has 7 N–H and O–H groups in total. The van der Waals surface area contributed by atoms with Crippen LogP contribution in [0.5, 0.6) is 0 Å². The molecule has 0 aromatic heterocycles. The number of anilines is 1. The second kappa shape index (κ2) is 16.1. The van der Waals surface area contributed by atoms with E-state index in [2.05, 4.69) is 10.6 Å². The van der Waals surface area contributed by atoms with Gasteiger partial charge in [-0.2, -0.15) is 0 Å². The number of nitrogens with one attached hydrogen (secondary N) is 2. The number of halogens is 3. The van der Waals surface area contributed by atoms with Crippen LogP contribution in [0.2, 0.25) is 0 Å². The first-order valence-electron chi connectivity index (χ1n) is 10.3. The average molecular weight is 849 g/mol. The van der Waals surface area contributed by atoms with Crippen molar-refractivity contribution >= 4 is 97.2 Å². The van der Waals surface area contributed by atoms with Gasteiger partial charge in [-0.15, -0.1) is 0 Å². The molecule has 13 nitrogen and oxygen atoms in total. The van der Waals surface area contributed by atoms with E-state index in [-0.39, 0.29) is 47.2 Å². The highest BCUT2D eigenvalue weighted by Crippen LogP contribution is 2.36. The summed E-state index contributed by atoms with van der Waals surface area (Å²) in [6.45, 7) is -1.94. The molecule has 0 bridgehead atoms. The Bertz CT molecular complexity index is 979. The van der Waals surface area contributed by atoms with Crippen LogP contribution in [-0.2, 0) is 14.3 Å². The highest BCUT2D eigenvalue weighted by molar-refractivity contribution is 14.1. The van der Waals surface area contributed by atoms with Gasteiger partial charge < -0.3 is 45.8 Å². The first kappa shape index (κ1) is 33.1. The number of nitrogens with zero attached hydrogens (tertiary/aromatic N) is 1. The average Bonchev–Trinajstić information content (AvgIpc) is 2.83. The maximum atomic E-state index is 13.5. The quantitative estimate of drug-likeness (QED) is 0.0941. The lowest BCUT2D eigenvalue weighted by atomic mass is 10.1. The lowest BCUT2D eigenvalue weighted by Crippen LogP contribution is -2.42. The lowest BCUT2D eigenvalue weighted by Gasteiger charge is -2.27. The van der Waals surface area contributed by atoms with Crippen molar-refractivity contribution in [1.82, 2.24) is 10.2 Å². The van der Waals surface area contributed by atoms with Crippen LogP contribution in [0.15, 0.2) is 0 Å². The van der Waals surface area contributed by atoms with Crippen molar-refractivity contribution < 1.29 is 49.4 Å². The molecule has 202 valence electrons. The van der Waals surface area contributed by atoms with Crippen LogP contribution in [0, 0.1) is 10.7 Å². The molecule has 0 saturated carbocycles. The number of hydrogen-bond acceptors (Lipinski definition) is 10. The number of aliphatic hydroxyl groups excluding tert-OH is 5. The summed E-state index contributed by atoms with van der Waals surface area (Å²) in [4.78, 5) is 51.1. The normalized spacial score (nSPS) is 12.5. The van der Waals surface area contributed by atoms with Crippen LogP contribution >= 0.6 is 67.8 Å². The molecule has 0 radical (unpaired) electrons. The molecule has 1 rings (SSSR count). The van der Waals surface area contributed by atoms with E-state index in [0.717, 1.165) is 11.8 Å². The predicted octanol–water partition coefficient (Wildman–Crippen LogP) is -1.13. The maximum Gasteiger partial charge on any atom is 0.303 e. The van der Waals surface area contributed by atoms with Gasteiger partial charge in [0.25, 0.3) is 17.7 Å². The highest BCUT2D eigenvalue weighted by atomic mass is 127. The van der Waals surface area contributed by atoms with E-state index in [1.165, 1.54) is 0 Å². The Labute approximate surface area is 247 Å². The Morgan fingerprint density at radius 3 is 2.06 bits per heavy atom. The largest absolute Gasteiger partial charge is 0.456 e. The van der Waals surface area contributed by atoms with E-state index in [1.54, 1.807) is 67.8 Å². The number of esters is 1. The highest BCUT2D eigenvalue weighted by Gasteiger charge is 2.31. The van der Waals surface area contributed by atoms with Crippen LogP contribution in [0.3, 0.4) is 0 Å². The zero-order chi connectivity index (χ0) is 27.6. The van der Waals surface area contributed by atoms with E-state index in [9.17, 15) is 39.6 Å². The van der Waals surface area contributed by atoms with E-state index < -0.39 is 62.3 Å². The van der Waals surface area contributed by atoms with Crippen molar-refractivity contribution in [3.8, 4) is 0 Å². The monoisotopic (exact) mass is 849 g/mol. The fraction of sp³-hybridized carbons (Fsp3) is 0.500. The zero-order valence-corrected chi connectivity index (χ0v) is 25.4. The summed E-state index contributed by atoms with van der Waals surface area (Å²) < 4.78 is 5.35. The first-order chi connectivity index (χ1) is 16.9. The van der Waals surface area contributed by atoms with Crippen molar-refractivity contribution in [2.45, 2.75) is 19.1 Å². The molecular weight excluding hydrogens is 823 g/mol. The molecule has 0 spiro atoms. The topological polar surface area (TPSA) is 206 Å². The Morgan fingerprint density at radius 1 is 0.944 bits per heavy atom. The van der Waals surface area contributed by atoms with Crippen molar-refractivity contribution in [1.29, 1.82) is 0 Å². The molecule has 3 amide bonds. The van der Waals surface area contributed by atoms with Crippen LogP contribution in [0.4, 0.5) is 5.69 Å². The molecule has 16 heteroatoms. The van der Waals surface area contributed by atoms with Crippen LogP contribution in [-0.4, -0.2) is 112 Å². The molecule has 0 aliphatic rings. The molecule has 0 aliphatic carbocycles. The molecular formula is C20H26I3N3O10. The van der Waals surface area contributed by atoms with Gasteiger partial charge in [0, 0.05) is 30.1 Å². The zero-order valence-electron chi connectivity index (χ0n) is 19.0. The van der Waals surface area contributed by atoms with Crippen LogP contribution in [0.25, 0.3) is 0 Å². The van der Waals surface area contributed by atoms with Crippen LogP contribution in [0.1, 0.15) is 27.6 Å². The predicted molar refractivity (Wildman–Crippen MR) is 151 cm³/mol. The van der Waals surface area contributed by atoms with Crippen molar-refractivity contribution in [2.75, 3.05) is 51.4 Å². The summed E-state index contributed by atoms with van der Waals surface area (Å²) in [6.07, 6.45) is -2.51. The van der Waals surface area contributed by atoms with Gasteiger partial charge in [0.2, 0.25) is 0 Å². The standard InChI is InChI=1S/C20H26I3N3O10/c1-9(30)36-8-12(33)25-18-16(22)13(19(34)24-4-10(31)6-28)15(21)14(17(18)23)20(35)26(2-3-27)5-11(32)7-29/h10-11,27-29,31-32H,2-8H2,1H3,(H,24,34)(H,25,33). The van der Waals surface area contributed by atoms with Crippen molar-refractivity contribution in [3.63, 3.8) is 0 Å². The third-order valence-electron chi connectivity index (χ3n) is 4.44. The van der Waals surface area contributed by atoms with Gasteiger partial charge >= 0.3 is 5.97 Å². The van der Waals surface area contributed by atoms with Gasteiger partial charge in [-0.25, -0.2) is 0 Å². The summed E-state index contributed by atoms with van der Waals surface area (Å²) in [5, 5.41) is 52.1. The number of carbonyl (C=O) groups is 4. The third-order valence-corrected chi connectivity index (χ3v) is 7.67. The maximum absolute atomic E-state index is 13.5. The fourth-order valence-corrected chi connectivity index (χ4v) is 7.12. The van der Waals surface area contributed by atoms with Gasteiger partial charge in [-0.3, -0.25) is 19.2 Å². The van der Waals surface area contributed by atoms with E-state index in [1.807, 2.05) is 0 Å².